The molecule has 1 rings (SSSR count). The minimum atomic E-state index is -0.708. The van der Waals surface area contributed by atoms with Crippen molar-refractivity contribution in [3.05, 3.63) is 28.8 Å². The number of hydrogen-bond acceptors (Lipinski definition) is 6. The Morgan fingerprint density at radius 3 is 1.76 bits per heavy atom. The molecular formula is C15H22O6. The van der Waals surface area contributed by atoms with Gasteiger partial charge in [-0.3, -0.25) is 9.59 Å². The first-order valence-corrected chi connectivity index (χ1v) is 6.33. The number of benzene rings is 1. The van der Waals surface area contributed by atoms with Crippen LogP contribution < -0.4 is 4.74 Å². The molecule has 0 heterocycles. The summed E-state index contributed by atoms with van der Waals surface area (Å²) in [5.41, 5.74) is 0.996. The average molecular weight is 298 g/mol. The lowest BCUT2D eigenvalue weighted by atomic mass is 9.95. The van der Waals surface area contributed by atoms with Crippen molar-refractivity contribution in [1.29, 1.82) is 0 Å². The van der Waals surface area contributed by atoms with Crippen molar-refractivity contribution >= 4 is 12.6 Å². The number of aldehydes is 2. The zero-order valence-corrected chi connectivity index (χ0v) is 12.5. The topological polar surface area (TPSA) is 104 Å². The minimum Gasteiger partial charge on any atom is -0.496 e. The highest BCUT2D eigenvalue weighted by atomic mass is 16.5. The van der Waals surface area contributed by atoms with E-state index in [1.54, 1.807) is 26.0 Å². The predicted molar refractivity (Wildman–Crippen MR) is 77.9 cm³/mol. The molecule has 1 aromatic rings. The van der Waals surface area contributed by atoms with Crippen molar-refractivity contribution in [3.8, 4) is 5.75 Å². The number of carbonyl (C=O) groups excluding carboxylic acids is 2. The summed E-state index contributed by atoms with van der Waals surface area (Å²) in [6.07, 6.45) is 1.45. The fourth-order valence-electron chi connectivity index (χ4n) is 1.37. The molecule has 6 heteroatoms. The van der Waals surface area contributed by atoms with Gasteiger partial charge in [0.15, 0.2) is 6.29 Å². The van der Waals surface area contributed by atoms with E-state index in [-0.39, 0.29) is 19.8 Å². The predicted octanol–water partition coefficient (Wildman–Crippen LogP) is 0.598. The van der Waals surface area contributed by atoms with E-state index in [2.05, 4.69) is 0 Å². The second kappa shape index (κ2) is 9.23. The Morgan fingerprint density at radius 2 is 1.48 bits per heavy atom. The molecule has 0 aliphatic rings. The highest BCUT2D eigenvalue weighted by Gasteiger charge is 2.20. The van der Waals surface area contributed by atoms with Crippen molar-refractivity contribution in [2.45, 2.75) is 13.8 Å². The van der Waals surface area contributed by atoms with Gasteiger partial charge in [0.1, 0.15) is 12.0 Å². The van der Waals surface area contributed by atoms with E-state index in [0.717, 1.165) is 6.29 Å². The summed E-state index contributed by atoms with van der Waals surface area (Å²) in [5.74, 6) is 0.472. The molecule has 0 aliphatic heterocycles. The van der Waals surface area contributed by atoms with Gasteiger partial charge in [0, 0.05) is 16.5 Å². The van der Waals surface area contributed by atoms with E-state index in [0.29, 0.717) is 28.7 Å². The van der Waals surface area contributed by atoms with Crippen molar-refractivity contribution < 1.29 is 29.6 Å². The number of ether oxygens (including phenoxy) is 1. The summed E-state index contributed by atoms with van der Waals surface area (Å²) >= 11 is 0. The Morgan fingerprint density at radius 1 is 1.05 bits per heavy atom. The monoisotopic (exact) mass is 298 g/mol. The van der Waals surface area contributed by atoms with Gasteiger partial charge in [-0.25, -0.2) is 0 Å². The van der Waals surface area contributed by atoms with Crippen molar-refractivity contribution in [2.24, 2.45) is 5.41 Å². The molecule has 0 bridgehead atoms. The molecule has 0 aliphatic carbocycles. The van der Waals surface area contributed by atoms with Gasteiger partial charge >= 0.3 is 0 Å². The number of rotatable bonds is 6. The molecule has 0 saturated heterocycles. The van der Waals surface area contributed by atoms with Crippen LogP contribution in [0, 0.1) is 12.3 Å². The summed E-state index contributed by atoms with van der Waals surface area (Å²) in [7, 11) is 1.48. The van der Waals surface area contributed by atoms with Gasteiger partial charge in [0.05, 0.1) is 32.5 Å². The van der Waals surface area contributed by atoms with Gasteiger partial charge in [0.25, 0.3) is 0 Å². The lowest BCUT2D eigenvalue weighted by molar-refractivity contribution is 0.0200. The first kappa shape index (κ1) is 19.2. The first-order valence-electron chi connectivity index (χ1n) is 6.33. The first-order chi connectivity index (χ1) is 9.92. The molecule has 0 saturated carbocycles. The van der Waals surface area contributed by atoms with Crippen LogP contribution in [0.15, 0.2) is 12.1 Å². The second-order valence-electron chi connectivity index (χ2n) is 4.92. The van der Waals surface area contributed by atoms with Crippen LogP contribution in [0.4, 0.5) is 0 Å². The molecule has 1 aromatic carbocycles. The smallest absolute Gasteiger partial charge is 0.153 e. The van der Waals surface area contributed by atoms with Crippen LogP contribution in [0.2, 0.25) is 0 Å². The normalized spacial score (nSPS) is 10.4. The van der Waals surface area contributed by atoms with E-state index < -0.39 is 5.41 Å². The quantitative estimate of drug-likeness (QED) is 0.664. The maximum Gasteiger partial charge on any atom is 0.153 e. The zero-order valence-electron chi connectivity index (χ0n) is 12.5. The summed E-state index contributed by atoms with van der Waals surface area (Å²) in [6, 6.07) is 3.18. The number of aliphatic hydroxyl groups excluding tert-OH is 3. The third-order valence-electron chi connectivity index (χ3n) is 3.08. The largest absolute Gasteiger partial charge is 0.496 e. The highest BCUT2D eigenvalue weighted by molar-refractivity contribution is 5.86. The average Bonchev–Trinajstić information content (AvgIpc) is 2.54. The van der Waals surface area contributed by atoms with Crippen LogP contribution >= 0.6 is 0 Å². The number of methoxy groups -OCH3 is 1. The molecule has 0 spiro atoms. The molecule has 0 aromatic heterocycles. The van der Waals surface area contributed by atoms with E-state index >= 15 is 0 Å². The van der Waals surface area contributed by atoms with Gasteiger partial charge in [-0.15, -0.1) is 0 Å². The maximum absolute atomic E-state index is 10.6. The van der Waals surface area contributed by atoms with Crippen LogP contribution in [0.1, 0.15) is 33.2 Å². The third kappa shape index (κ3) is 5.26. The van der Waals surface area contributed by atoms with Crippen molar-refractivity contribution in [3.63, 3.8) is 0 Å². The maximum atomic E-state index is 10.6. The van der Waals surface area contributed by atoms with Crippen LogP contribution in [0.5, 0.6) is 5.75 Å². The molecule has 0 amide bonds. The van der Waals surface area contributed by atoms with Crippen LogP contribution in [-0.2, 0) is 0 Å². The van der Waals surface area contributed by atoms with Crippen molar-refractivity contribution in [1.82, 2.24) is 0 Å². The molecule has 0 radical (unpaired) electrons. The molecule has 21 heavy (non-hydrogen) atoms. The van der Waals surface area contributed by atoms with Crippen molar-refractivity contribution in [2.75, 3.05) is 26.9 Å². The van der Waals surface area contributed by atoms with E-state index in [4.69, 9.17) is 20.1 Å². The number of carbonyl (C=O) groups is 2. The molecule has 0 unspecified atom stereocenters. The Labute approximate surface area is 124 Å². The standard InChI is InChI=1S/C10H10O3.C5H12O3/c1-7-8(5-11)3-4-9(6-12)10(7)13-2;1-5(2-6,3-7)4-8/h3-6H,1-2H3;6-8H,2-4H2,1H3. The third-order valence-corrected chi connectivity index (χ3v) is 3.08. The number of aliphatic hydroxyl groups is 3. The second-order valence-corrected chi connectivity index (χ2v) is 4.92. The van der Waals surface area contributed by atoms with Crippen LogP contribution in [-0.4, -0.2) is 54.8 Å². The van der Waals surface area contributed by atoms with Gasteiger partial charge in [0.2, 0.25) is 0 Å². The SMILES string of the molecule is CC(CO)(CO)CO.COc1c(C=O)ccc(C=O)c1C. The molecular weight excluding hydrogens is 276 g/mol. The Hall–Kier alpha value is -1.76. The lowest BCUT2D eigenvalue weighted by Gasteiger charge is -2.20. The Balaban J connectivity index is 0.000000433. The van der Waals surface area contributed by atoms with Crippen LogP contribution in [0.25, 0.3) is 0 Å². The van der Waals surface area contributed by atoms with Gasteiger partial charge in [-0.2, -0.15) is 0 Å². The van der Waals surface area contributed by atoms with E-state index in [1.807, 2.05) is 0 Å². The zero-order chi connectivity index (χ0) is 16.5. The summed E-state index contributed by atoms with van der Waals surface area (Å²) in [5, 5.41) is 25.4. The number of hydrogen-bond donors (Lipinski definition) is 3. The Kier molecular flexibility index (Phi) is 8.45. The fourth-order valence-corrected chi connectivity index (χ4v) is 1.37. The summed E-state index contributed by atoms with van der Waals surface area (Å²) in [6.45, 7) is 2.81. The minimum absolute atomic E-state index is 0.181. The fraction of sp³-hybridized carbons (Fsp3) is 0.467. The lowest BCUT2D eigenvalue weighted by Crippen LogP contribution is -2.29. The molecule has 0 atom stereocenters. The highest BCUT2D eigenvalue weighted by Crippen LogP contribution is 2.24. The van der Waals surface area contributed by atoms with E-state index in [9.17, 15) is 9.59 Å². The Bertz CT molecular complexity index is 457. The molecule has 6 nitrogen and oxygen atoms in total. The van der Waals surface area contributed by atoms with E-state index in [1.165, 1.54) is 7.11 Å². The molecule has 118 valence electrons. The summed E-state index contributed by atoms with van der Waals surface area (Å²) in [4.78, 5) is 21.1. The van der Waals surface area contributed by atoms with Crippen LogP contribution in [0.3, 0.4) is 0 Å². The van der Waals surface area contributed by atoms with Gasteiger partial charge < -0.3 is 20.1 Å². The summed E-state index contributed by atoms with van der Waals surface area (Å²) < 4.78 is 5.02. The van der Waals surface area contributed by atoms with Gasteiger partial charge in [-0.05, 0) is 13.0 Å². The molecule has 0 fully saturated rings. The molecule has 3 N–H and O–H groups in total. The van der Waals surface area contributed by atoms with Gasteiger partial charge in [-0.1, -0.05) is 13.0 Å².